The van der Waals surface area contributed by atoms with Crippen LogP contribution in [0.3, 0.4) is 0 Å². The second kappa shape index (κ2) is 9.79. The fourth-order valence-corrected chi connectivity index (χ4v) is 4.56. The SMILES string of the molecule is CCCS(=O)(=O)Nc1ccc(F)c(-n2cc(-c3cncc(OC4CCOCC4)c3)nn2)c1F. The van der Waals surface area contributed by atoms with Gasteiger partial charge in [0.15, 0.2) is 11.6 Å². The lowest BCUT2D eigenvalue weighted by Gasteiger charge is -2.23. The van der Waals surface area contributed by atoms with Gasteiger partial charge in [0.05, 0.1) is 37.0 Å². The quantitative estimate of drug-likeness (QED) is 0.528. The van der Waals surface area contributed by atoms with Crippen LogP contribution in [0, 0.1) is 11.6 Å². The number of benzene rings is 1. The van der Waals surface area contributed by atoms with E-state index in [2.05, 4.69) is 20.0 Å². The smallest absolute Gasteiger partial charge is 0.232 e. The van der Waals surface area contributed by atoms with Crippen molar-refractivity contribution >= 4 is 15.7 Å². The highest BCUT2D eigenvalue weighted by Crippen LogP contribution is 2.28. The van der Waals surface area contributed by atoms with Gasteiger partial charge in [-0.15, -0.1) is 5.10 Å². The van der Waals surface area contributed by atoms with Crippen molar-refractivity contribution in [2.75, 3.05) is 23.7 Å². The van der Waals surface area contributed by atoms with Crippen LogP contribution < -0.4 is 9.46 Å². The van der Waals surface area contributed by atoms with Gasteiger partial charge in [-0.1, -0.05) is 12.1 Å². The molecule has 9 nitrogen and oxygen atoms in total. The standard InChI is InChI=1S/C21H23F2N5O4S/c1-2-9-33(29,30)26-18-4-3-17(22)21(20(18)23)28-13-19(25-27-28)14-10-16(12-24-11-14)32-15-5-7-31-8-6-15/h3-4,10-13,15,26H,2,5-9H2,1H3. The minimum Gasteiger partial charge on any atom is -0.489 e. The van der Waals surface area contributed by atoms with Gasteiger partial charge in [0, 0.05) is 24.6 Å². The van der Waals surface area contributed by atoms with Crippen LogP contribution in [0.5, 0.6) is 5.75 Å². The summed E-state index contributed by atoms with van der Waals surface area (Å²) >= 11 is 0. The Labute approximate surface area is 189 Å². The molecule has 1 aliphatic heterocycles. The number of nitrogens with one attached hydrogen (secondary N) is 1. The fraction of sp³-hybridized carbons (Fsp3) is 0.381. The number of ether oxygens (including phenoxy) is 2. The van der Waals surface area contributed by atoms with Gasteiger partial charge in [-0.25, -0.2) is 21.9 Å². The Balaban J connectivity index is 1.60. The molecule has 33 heavy (non-hydrogen) atoms. The van der Waals surface area contributed by atoms with Crippen molar-refractivity contribution in [2.24, 2.45) is 0 Å². The maximum Gasteiger partial charge on any atom is 0.232 e. The van der Waals surface area contributed by atoms with Crippen molar-refractivity contribution in [1.82, 2.24) is 20.0 Å². The van der Waals surface area contributed by atoms with Crippen LogP contribution in [0.2, 0.25) is 0 Å². The van der Waals surface area contributed by atoms with E-state index < -0.39 is 27.3 Å². The second-order valence-electron chi connectivity index (χ2n) is 7.57. The molecule has 0 radical (unpaired) electrons. The van der Waals surface area contributed by atoms with E-state index in [1.165, 1.54) is 12.4 Å². The summed E-state index contributed by atoms with van der Waals surface area (Å²) in [5.41, 5.74) is -0.0550. The largest absolute Gasteiger partial charge is 0.489 e. The molecular formula is C21H23F2N5O4S. The number of halogens is 2. The summed E-state index contributed by atoms with van der Waals surface area (Å²) in [6, 6.07) is 3.71. The monoisotopic (exact) mass is 479 g/mol. The first-order chi connectivity index (χ1) is 15.9. The summed E-state index contributed by atoms with van der Waals surface area (Å²) in [5, 5.41) is 7.82. The van der Waals surface area contributed by atoms with Crippen molar-refractivity contribution in [3.8, 4) is 22.7 Å². The molecule has 0 spiro atoms. The molecule has 0 atom stereocenters. The second-order valence-corrected chi connectivity index (χ2v) is 9.41. The zero-order valence-electron chi connectivity index (χ0n) is 17.9. The third kappa shape index (κ3) is 5.45. The van der Waals surface area contributed by atoms with E-state index >= 15 is 4.39 Å². The highest BCUT2D eigenvalue weighted by atomic mass is 32.2. The van der Waals surface area contributed by atoms with Crippen molar-refractivity contribution in [3.05, 3.63) is 48.4 Å². The third-order valence-corrected chi connectivity index (χ3v) is 6.48. The number of rotatable bonds is 8. The maximum atomic E-state index is 15.0. The van der Waals surface area contributed by atoms with Gasteiger partial charge >= 0.3 is 0 Å². The Morgan fingerprint density at radius 2 is 2.03 bits per heavy atom. The predicted molar refractivity (Wildman–Crippen MR) is 117 cm³/mol. The summed E-state index contributed by atoms with van der Waals surface area (Å²) in [7, 11) is -3.76. The summed E-state index contributed by atoms with van der Waals surface area (Å²) in [6.07, 6.45) is 6.37. The summed E-state index contributed by atoms with van der Waals surface area (Å²) in [6.45, 7) is 2.95. The molecule has 12 heteroatoms. The highest BCUT2D eigenvalue weighted by Gasteiger charge is 2.21. The maximum absolute atomic E-state index is 15.0. The Hall–Kier alpha value is -3.12. The molecular weight excluding hydrogens is 456 g/mol. The van der Waals surface area contributed by atoms with Crippen molar-refractivity contribution in [3.63, 3.8) is 0 Å². The Bertz CT molecular complexity index is 1230. The molecule has 0 saturated carbocycles. The van der Waals surface area contributed by atoms with Gasteiger partial charge < -0.3 is 9.47 Å². The van der Waals surface area contributed by atoms with E-state index in [1.807, 2.05) is 0 Å². The lowest BCUT2D eigenvalue weighted by atomic mass is 10.1. The Morgan fingerprint density at radius 3 is 2.79 bits per heavy atom. The first kappa shape index (κ1) is 23.1. The Kier molecular flexibility index (Phi) is 6.84. The van der Waals surface area contributed by atoms with Crippen molar-refractivity contribution < 1.29 is 26.7 Å². The van der Waals surface area contributed by atoms with Gasteiger partial charge in [0.1, 0.15) is 23.2 Å². The van der Waals surface area contributed by atoms with Crippen LogP contribution >= 0.6 is 0 Å². The lowest BCUT2D eigenvalue weighted by molar-refractivity contribution is 0.0254. The van der Waals surface area contributed by atoms with Gasteiger partial charge in [-0.2, -0.15) is 0 Å². The Morgan fingerprint density at radius 1 is 1.24 bits per heavy atom. The molecule has 0 bridgehead atoms. The summed E-state index contributed by atoms with van der Waals surface area (Å²) in [4.78, 5) is 4.16. The number of sulfonamides is 1. The molecule has 1 aliphatic rings. The molecule has 1 saturated heterocycles. The van der Waals surface area contributed by atoms with E-state index in [4.69, 9.17) is 9.47 Å². The first-order valence-corrected chi connectivity index (χ1v) is 12.1. The fourth-order valence-electron chi connectivity index (χ4n) is 3.43. The number of hydrogen-bond acceptors (Lipinski definition) is 7. The van der Waals surface area contributed by atoms with Gasteiger partial charge in [-0.05, 0) is 24.6 Å². The van der Waals surface area contributed by atoms with Gasteiger partial charge in [-0.3, -0.25) is 9.71 Å². The van der Waals surface area contributed by atoms with E-state index in [0.29, 0.717) is 36.6 Å². The van der Waals surface area contributed by atoms with Crippen molar-refractivity contribution in [2.45, 2.75) is 32.3 Å². The predicted octanol–water partition coefficient (Wildman–Crippen LogP) is 3.32. The molecule has 0 aliphatic carbocycles. The van der Waals surface area contributed by atoms with E-state index in [0.717, 1.165) is 29.7 Å². The topological polar surface area (TPSA) is 108 Å². The molecule has 1 aromatic carbocycles. The van der Waals surface area contributed by atoms with E-state index in [9.17, 15) is 12.8 Å². The molecule has 2 aromatic heterocycles. The molecule has 1 N–H and O–H groups in total. The molecule has 3 heterocycles. The average Bonchev–Trinajstić information content (AvgIpc) is 3.26. The number of anilines is 1. The molecule has 4 rings (SSSR count). The lowest BCUT2D eigenvalue weighted by Crippen LogP contribution is -2.25. The van der Waals surface area contributed by atoms with Crippen LogP contribution in [0.1, 0.15) is 26.2 Å². The number of aromatic nitrogens is 4. The molecule has 1 fully saturated rings. The van der Waals surface area contributed by atoms with Gasteiger partial charge in [0.2, 0.25) is 10.0 Å². The minimum atomic E-state index is -3.76. The van der Waals surface area contributed by atoms with Gasteiger partial charge in [0.25, 0.3) is 0 Å². The number of pyridine rings is 1. The molecule has 176 valence electrons. The average molecular weight is 480 g/mol. The van der Waals surface area contributed by atoms with Crippen molar-refractivity contribution in [1.29, 1.82) is 0 Å². The minimum absolute atomic E-state index is 0.0221. The summed E-state index contributed by atoms with van der Waals surface area (Å²) < 4.78 is 67.9. The number of nitrogens with zero attached hydrogens (tertiary/aromatic N) is 4. The number of hydrogen-bond donors (Lipinski definition) is 1. The van der Waals surface area contributed by atoms with Crippen LogP contribution in [-0.2, 0) is 14.8 Å². The molecule has 0 amide bonds. The zero-order chi connectivity index (χ0) is 23.4. The normalized spacial score (nSPS) is 14.9. The summed E-state index contributed by atoms with van der Waals surface area (Å²) in [5.74, 6) is -1.66. The highest BCUT2D eigenvalue weighted by molar-refractivity contribution is 7.92. The van der Waals surface area contributed by atoms with Crippen LogP contribution in [0.4, 0.5) is 14.5 Å². The van der Waals surface area contributed by atoms with E-state index in [1.54, 1.807) is 19.2 Å². The third-order valence-electron chi connectivity index (χ3n) is 5.01. The van der Waals surface area contributed by atoms with Crippen LogP contribution in [-0.4, -0.2) is 53.5 Å². The first-order valence-electron chi connectivity index (χ1n) is 10.5. The van der Waals surface area contributed by atoms with Crippen LogP contribution in [0.15, 0.2) is 36.8 Å². The van der Waals surface area contributed by atoms with E-state index in [-0.39, 0.29) is 17.5 Å². The molecule has 3 aromatic rings. The zero-order valence-corrected chi connectivity index (χ0v) is 18.7. The van der Waals surface area contributed by atoms with Crippen LogP contribution in [0.25, 0.3) is 16.9 Å². The molecule has 0 unspecified atom stereocenters.